The third-order valence-electron chi connectivity index (χ3n) is 3.99. The lowest BCUT2D eigenvalue weighted by atomic mass is 10.3. The van der Waals surface area contributed by atoms with Crippen molar-refractivity contribution in [1.82, 2.24) is 20.2 Å². The lowest BCUT2D eigenvalue weighted by Crippen LogP contribution is -2.42. The van der Waals surface area contributed by atoms with Crippen molar-refractivity contribution in [1.29, 1.82) is 0 Å². The molecule has 2 N–H and O–H groups in total. The molecule has 0 radical (unpaired) electrons. The highest BCUT2D eigenvalue weighted by atomic mass is 79.9. The Morgan fingerprint density at radius 1 is 1.31 bits per heavy atom. The highest BCUT2D eigenvalue weighted by molar-refractivity contribution is 9.10. The van der Waals surface area contributed by atoms with Gasteiger partial charge in [0.1, 0.15) is 17.7 Å². The Hall–Kier alpha value is -2.02. The number of hydrogen-bond donors (Lipinski definition) is 2. The van der Waals surface area contributed by atoms with Crippen molar-refractivity contribution in [3.05, 3.63) is 47.0 Å². The fraction of sp³-hybridized carbons (Fsp3) is 0.474. The molecule has 6 nitrogen and oxygen atoms in total. The summed E-state index contributed by atoms with van der Waals surface area (Å²) in [5, 5.41) is 6.65. The number of aromatic nitrogens is 2. The largest absolute Gasteiger partial charge is 0.488 e. The van der Waals surface area contributed by atoms with Crippen molar-refractivity contribution in [3.8, 4) is 5.75 Å². The van der Waals surface area contributed by atoms with Crippen LogP contribution in [0.25, 0.3) is 0 Å². The van der Waals surface area contributed by atoms with Gasteiger partial charge in [-0.3, -0.25) is 4.99 Å². The van der Waals surface area contributed by atoms with E-state index in [1.165, 1.54) is 0 Å². The number of aliphatic imine (C=N–C) groups is 1. The molecule has 0 aliphatic carbocycles. The predicted molar refractivity (Wildman–Crippen MR) is 110 cm³/mol. The fourth-order valence-electron chi connectivity index (χ4n) is 2.51. The summed E-state index contributed by atoms with van der Waals surface area (Å²) in [7, 11) is 1.78. The number of para-hydroxylation sites is 1. The summed E-state index contributed by atoms with van der Waals surface area (Å²) >= 11 is 3.50. The number of rotatable bonds is 9. The summed E-state index contributed by atoms with van der Waals surface area (Å²) in [5.41, 5.74) is 0. The molecule has 0 saturated carbocycles. The van der Waals surface area contributed by atoms with Gasteiger partial charge in [-0.05, 0) is 54.8 Å². The van der Waals surface area contributed by atoms with Crippen LogP contribution in [0.1, 0.15) is 25.6 Å². The molecule has 0 fully saturated rings. The van der Waals surface area contributed by atoms with Crippen molar-refractivity contribution in [2.75, 3.05) is 20.1 Å². The monoisotopic (exact) mass is 421 g/mol. The van der Waals surface area contributed by atoms with E-state index in [9.17, 15) is 0 Å². The lowest BCUT2D eigenvalue weighted by molar-refractivity contribution is 0.222. The Labute approximate surface area is 164 Å². The van der Waals surface area contributed by atoms with Gasteiger partial charge in [0.2, 0.25) is 0 Å². The Morgan fingerprint density at radius 3 is 2.81 bits per heavy atom. The molecule has 142 valence electrons. The van der Waals surface area contributed by atoms with E-state index >= 15 is 0 Å². The SMILES string of the molecule is CN=C(NCCCCn1ccnc1C)NCC(C)Oc1ccccc1Br. The standard InChI is InChI=1S/C19H28BrN5O/c1-15(26-18-9-5-4-8-17(18)20)14-24-19(21-3)23-10-6-7-12-25-13-11-22-16(25)2/h4-5,8-9,11,13,15H,6-7,10,12,14H2,1-3H3,(H2,21,23,24). The highest BCUT2D eigenvalue weighted by Gasteiger charge is 2.07. The average molecular weight is 422 g/mol. The molecule has 2 aromatic rings. The minimum absolute atomic E-state index is 0.0245. The predicted octanol–water partition coefficient (Wildman–Crippen LogP) is 3.37. The van der Waals surface area contributed by atoms with Crippen molar-refractivity contribution in [2.24, 2.45) is 4.99 Å². The molecular weight excluding hydrogens is 394 g/mol. The van der Waals surface area contributed by atoms with Gasteiger partial charge in [0, 0.05) is 32.5 Å². The molecule has 0 amide bonds. The maximum absolute atomic E-state index is 5.93. The molecule has 26 heavy (non-hydrogen) atoms. The Morgan fingerprint density at radius 2 is 2.12 bits per heavy atom. The van der Waals surface area contributed by atoms with Gasteiger partial charge in [-0.2, -0.15) is 0 Å². The van der Waals surface area contributed by atoms with E-state index in [-0.39, 0.29) is 6.10 Å². The van der Waals surface area contributed by atoms with Crippen molar-refractivity contribution < 1.29 is 4.74 Å². The Kier molecular flexibility index (Phi) is 8.47. The number of ether oxygens (including phenoxy) is 1. The number of unbranched alkanes of at least 4 members (excludes halogenated alkanes) is 1. The third kappa shape index (κ3) is 6.71. The van der Waals surface area contributed by atoms with Gasteiger partial charge in [0.25, 0.3) is 0 Å². The number of halogens is 1. The van der Waals surface area contributed by atoms with E-state index in [1.807, 2.05) is 50.5 Å². The fourth-order valence-corrected chi connectivity index (χ4v) is 2.89. The summed E-state index contributed by atoms with van der Waals surface area (Å²) in [6.45, 7) is 6.62. The van der Waals surface area contributed by atoms with Gasteiger partial charge < -0.3 is 19.9 Å². The topological polar surface area (TPSA) is 63.5 Å². The average Bonchev–Trinajstić information content (AvgIpc) is 3.04. The molecular formula is C19H28BrN5O. The van der Waals surface area contributed by atoms with E-state index in [2.05, 4.69) is 41.1 Å². The number of aryl methyl sites for hydroxylation is 2. The van der Waals surface area contributed by atoms with Crippen LogP contribution in [-0.4, -0.2) is 41.8 Å². The first-order valence-corrected chi connectivity index (χ1v) is 9.73. The molecule has 1 heterocycles. The van der Waals surface area contributed by atoms with E-state index in [4.69, 9.17) is 4.74 Å². The highest BCUT2D eigenvalue weighted by Crippen LogP contribution is 2.24. The van der Waals surface area contributed by atoms with Crippen LogP contribution in [-0.2, 0) is 6.54 Å². The van der Waals surface area contributed by atoms with Crippen LogP contribution in [0.4, 0.5) is 0 Å². The van der Waals surface area contributed by atoms with Crippen LogP contribution in [0.15, 0.2) is 46.1 Å². The summed E-state index contributed by atoms with van der Waals surface area (Å²) in [6.07, 6.45) is 6.06. The molecule has 0 bridgehead atoms. The zero-order valence-electron chi connectivity index (χ0n) is 15.7. The van der Waals surface area contributed by atoms with E-state index < -0.39 is 0 Å². The van der Waals surface area contributed by atoms with E-state index in [0.29, 0.717) is 6.54 Å². The van der Waals surface area contributed by atoms with Gasteiger partial charge in [0.05, 0.1) is 11.0 Å². The maximum atomic E-state index is 5.93. The first-order valence-electron chi connectivity index (χ1n) is 8.93. The summed E-state index contributed by atoms with van der Waals surface area (Å²) in [4.78, 5) is 8.50. The smallest absolute Gasteiger partial charge is 0.191 e. The second-order valence-corrected chi connectivity index (χ2v) is 6.97. The van der Waals surface area contributed by atoms with E-state index in [0.717, 1.165) is 47.9 Å². The van der Waals surface area contributed by atoms with Crippen molar-refractivity contribution in [3.63, 3.8) is 0 Å². The Bertz CT molecular complexity index is 701. The van der Waals surface area contributed by atoms with Gasteiger partial charge in [-0.1, -0.05) is 12.1 Å². The van der Waals surface area contributed by atoms with E-state index in [1.54, 1.807) is 7.05 Å². The summed E-state index contributed by atoms with van der Waals surface area (Å²) < 4.78 is 9.07. The number of guanidine groups is 1. The van der Waals surface area contributed by atoms with Crippen LogP contribution in [0.3, 0.4) is 0 Å². The molecule has 2 rings (SSSR count). The third-order valence-corrected chi connectivity index (χ3v) is 4.64. The zero-order chi connectivity index (χ0) is 18.8. The van der Waals surface area contributed by atoms with Gasteiger partial charge in [-0.25, -0.2) is 4.98 Å². The molecule has 0 spiro atoms. The molecule has 1 aromatic carbocycles. The van der Waals surface area contributed by atoms with Gasteiger partial charge in [0.15, 0.2) is 5.96 Å². The van der Waals surface area contributed by atoms with Crippen LogP contribution in [0.5, 0.6) is 5.75 Å². The lowest BCUT2D eigenvalue weighted by Gasteiger charge is -2.18. The number of nitrogens with zero attached hydrogens (tertiary/aromatic N) is 3. The Balaban J connectivity index is 1.63. The summed E-state index contributed by atoms with van der Waals surface area (Å²) in [6, 6.07) is 7.86. The molecule has 1 atom stereocenters. The minimum atomic E-state index is 0.0245. The normalized spacial score (nSPS) is 12.7. The second kappa shape index (κ2) is 10.9. The molecule has 0 aliphatic heterocycles. The first-order chi connectivity index (χ1) is 12.6. The number of nitrogens with one attached hydrogen (secondary N) is 2. The van der Waals surface area contributed by atoms with Crippen molar-refractivity contribution >= 4 is 21.9 Å². The number of benzene rings is 1. The maximum Gasteiger partial charge on any atom is 0.191 e. The van der Waals surface area contributed by atoms with Gasteiger partial charge >= 0.3 is 0 Å². The molecule has 1 aromatic heterocycles. The quantitative estimate of drug-likeness (QED) is 0.370. The molecule has 0 aliphatic rings. The van der Waals surface area contributed by atoms with Crippen LogP contribution in [0.2, 0.25) is 0 Å². The first kappa shape index (κ1) is 20.3. The molecule has 1 unspecified atom stereocenters. The number of hydrogen-bond acceptors (Lipinski definition) is 3. The molecule has 7 heteroatoms. The van der Waals surface area contributed by atoms with Gasteiger partial charge in [-0.15, -0.1) is 0 Å². The molecule has 0 saturated heterocycles. The summed E-state index contributed by atoms with van der Waals surface area (Å²) in [5.74, 6) is 2.71. The zero-order valence-corrected chi connectivity index (χ0v) is 17.3. The minimum Gasteiger partial charge on any atom is -0.488 e. The second-order valence-electron chi connectivity index (χ2n) is 6.11. The number of imidazole rings is 1. The van der Waals surface area contributed by atoms with Crippen LogP contribution >= 0.6 is 15.9 Å². The van der Waals surface area contributed by atoms with Crippen molar-refractivity contribution in [2.45, 2.75) is 39.3 Å². The van der Waals surface area contributed by atoms with Crippen LogP contribution < -0.4 is 15.4 Å². The van der Waals surface area contributed by atoms with Crippen LogP contribution in [0, 0.1) is 6.92 Å².